The Hall–Kier alpha value is -1.98. The predicted octanol–water partition coefficient (Wildman–Crippen LogP) is 2.37. The number of aromatic nitrogens is 1. The van der Waals surface area contributed by atoms with Gasteiger partial charge in [-0.1, -0.05) is 17.7 Å². The molecule has 3 rings (SSSR count). The molecule has 0 spiro atoms. The summed E-state index contributed by atoms with van der Waals surface area (Å²) in [6, 6.07) is 9.35. The molecular formula is C18H22ClN3O2. The molecule has 0 unspecified atom stereocenters. The number of aryl methyl sites for hydroxylation is 1. The van der Waals surface area contributed by atoms with Crippen molar-refractivity contribution in [3.05, 3.63) is 57.0 Å². The Morgan fingerprint density at radius 2 is 1.88 bits per heavy atom. The lowest BCUT2D eigenvalue weighted by Crippen LogP contribution is -2.46. The molecule has 1 aliphatic heterocycles. The van der Waals surface area contributed by atoms with Gasteiger partial charge in [-0.25, -0.2) is 0 Å². The summed E-state index contributed by atoms with van der Waals surface area (Å²) in [6.45, 7) is 5.97. The number of halogens is 1. The summed E-state index contributed by atoms with van der Waals surface area (Å²) in [6.07, 6.45) is 0. The summed E-state index contributed by atoms with van der Waals surface area (Å²) in [4.78, 5) is 16.4. The van der Waals surface area contributed by atoms with Crippen molar-refractivity contribution in [1.82, 2.24) is 9.47 Å². The van der Waals surface area contributed by atoms with E-state index in [-0.39, 0.29) is 11.2 Å². The van der Waals surface area contributed by atoms with Gasteiger partial charge in [0, 0.05) is 62.2 Å². The number of benzene rings is 1. The molecule has 1 N–H and O–H groups in total. The molecule has 1 aromatic carbocycles. The topological polar surface area (TPSA) is 48.7 Å². The number of aromatic hydroxyl groups is 1. The van der Waals surface area contributed by atoms with E-state index in [9.17, 15) is 9.90 Å². The summed E-state index contributed by atoms with van der Waals surface area (Å²) < 4.78 is 1.89. The molecule has 128 valence electrons. The first kappa shape index (κ1) is 16.9. The zero-order chi connectivity index (χ0) is 17.3. The van der Waals surface area contributed by atoms with E-state index in [1.807, 2.05) is 36.7 Å². The number of hydrogen-bond acceptors (Lipinski definition) is 4. The van der Waals surface area contributed by atoms with E-state index in [0.29, 0.717) is 12.2 Å². The fourth-order valence-electron chi connectivity index (χ4n) is 3.10. The Balaban J connectivity index is 1.69. The molecular weight excluding hydrogens is 326 g/mol. The molecule has 6 heteroatoms. The summed E-state index contributed by atoms with van der Waals surface area (Å²) in [5.41, 5.74) is 2.35. The van der Waals surface area contributed by atoms with Crippen molar-refractivity contribution in [2.45, 2.75) is 13.5 Å². The molecule has 0 bridgehead atoms. The quantitative estimate of drug-likeness (QED) is 0.926. The Morgan fingerprint density at radius 3 is 2.54 bits per heavy atom. The van der Waals surface area contributed by atoms with Gasteiger partial charge in [0.25, 0.3) is 0 Å². The number of anilines is 1. The van der Waals surface area contributed by atoms with Crippen LogP contribution in [-0.4, -0.2) is 40.8 Å². The maximum Gasteiger partial charge on any atom is 0.223 e. The minimum absolute atomic E-state index is 0.139. The van der Waals surface area contributed by atoms with E-state index < -0.39 is 0 Å². The molecule has 1 aromatic heterocycles. The Morgan fingerprint density at radius 1 is 1.17 bits per heavy atom. The molecule has 5 nitrogen and oxygen atoms in total. The van der Waals surface area contributed by atoms with Gasteiger partial charge in [0.15, 0.2) is 5.75 Å². The Kier molecular flexibility index (Phi) is 4.83. The lowest BCUT2D eigenvalue weighted by atomic mass is 10.2. The van der Waals surface area contributed by atoms with Crippen molar-refractivity contribution in [2.75, 3.05) is 31.1 Å². The van der Waals surface area contributed by atoms with Crippen LogP contribution >= 0.6 is 11.6 Å². The number of rotatable bonds is 3. The first-order valence-corrected chi connectivity index (χ1v) is 8.45. The van der Waals surface area contributed by atoms with E-state index in [4.69, 9.17) is 11.6 Å². The van der Waals surface area contributed by atoms with Gasteiger partial charge in [-0.3, -0.25) is 9.69 Å². The van der Waals surface area contributed by atoms with Crippen LogP contribution in [0.3, 0.4) is 0 Å². The highest BCUT2D eigenvalue weighted by molar-refractivity contribution is 6.30. The predicted molar refractivity (Wildman–Crippen MR) is 97.0 cm³/mol. The van der Waals surface area contributed by atoms with Gasteiger partial charge in [0.2, 0.25) is 5.43 Å². The molecule has 0 atom stereocenters. The van der Waals surface area contributed by atoms with Crippen molar-refractivity contribution in [1.29, 1.82) is 0 Å². The van der Waals surface area contributed by atoms with Crippen LogP contribution in [0.15, 0.2) is 35.1 Å². The third kappa shape index (κ3) is 3.42. The van der Waals surface area contributed by atoms with Crippen LogP contribution in [0.1, 0.15) is 11.4 Å². The van der Waals surface area contributed by atoms with Crippen molar-refractivity contribution < 1.29 is 5.11 Å². The van der Waals surface area contributed by atoms with Crippen molar-refractivity contribution in [3.63, 3.8) is 0 Å². The number of nitrogens with zero attached hydrogens (tertiary/aromatic N) is 3. The van der Waals surface area contributed by atoms with Crippen LogP contribution in [0, 0.1) is 6.92 Å². The minimum atomic E-state index is -0.307. The van der Waals surface area contributed by atoms with Gasteiger partial charge in [-0.15, -0.1) is 0 Å². The summed E-state index contributed by atoms with van der Waals surface area (Å²) in [5, 5.41) is 10.9. The van der Waals surface area contributed by atoms with E-state index in [1.165, 1.54) is 6.07 Å². The van der Waals surface area contributed by atoms with Gasteiger partial charge < -0.3 is 14.6 Å². The molecule has 0 radical (unpaired) electrons. The largest absolute Gasteiger partial charge is 0.503 e. The third-order valence-corrected chi connectivity index (χ3v) is 4.93. The molecule has 24 heavy (non-hydrogen) atoms. The molecule has 0 amide bonds. The van der Waals surface area contributed by atoms with E-state index in [1.54, 1.807) is 0 Å². The maximum atomic E-state index is 11.8. The zero-order valence-corrected chi connectivity index (χ0v) is 14.8. The van der Waals surface area contributed by atoms with Gasteiger partial charge >= 0.3 is 0 Å². The van der Waals surface area contributed by atoms with Crippen LogP contribution < -0.4 is 10.3 Å². The third-order valence-electron chi connectivity index (χ3n) is 4.70. The number of piperazine rings is 1. The molecule has 1 fully saturated rings. The molecule has 1 aliphatic rings. The Labute approximate surface area is 146 Å². The second kappa shape index (κ2) is 6.87. The smallest absolute Gasteiger partial charge is 0.223 e. The van der Waals surface area contributed by atoms with E-state index in [0.717, 1.165) is 42.6 Å². The number of pyridine rings is 1. The van der Waals surface area contributed by atoms with Crippen LogP contribution in [-0.2, 0) is 13.6 Å². The van der Waals surface area contributed by atoms with Gasteiger partial charge in [0.05, 0.1) is 5.69 Å². The van der Waals surface area contributed by atoms with Gasteiger partial charge in [-0.05, 0) is 25.1 Å². The van der Waals surface area contributed by atoms with Crippen LogP contribution in [0.2, 0.25) is 5.02 Å². The first-order chi connectivity index (χ1) is 11.5. The van der Waals surface area contributed by atoms with E-state index in [2.05, 4.69) is 15.9 Å². The first-order valence-electron chi connectivity index (χ1n) is 8.07. The number of hydrogen-bond donors (Lipinski definition) is 1. The highest BCUT2D eigenvalue weighted by Gasteiger charge is 2.20. The average molecular weight is 348 g/mol. The fraction of sp³-hybridized carbons (Fsp3) is 0.389. The second-order valence-corrected chi connectivity index (χ2v) is 6.68. The van der Waals surface area contributed by atoms with Crippen molar-refractivity contribution in [3.8, 4) is 5.75 Å². The summed E-state index contributed by atoms with van der Waals surface area (Å²) >= 11 is 6.07. The SMILES string of the molecule is Cc1cc(=O)c(O)c(CN2CCN(c3cccc(Cl)c3)CC2)n1C. The minimum Gasteiger partial charge on any atom is -0.503 e. The second-order valence-electron chi connectivity index (χ2n) is 6.25. The standard InChI is InChI=1S/C18H22ClN3O2/c1-13-10-17(23)18(24)16(20(13)2)12-21-6-8-22(9-7-21)15-5-3-4-14(19)11-15/h3-5,10-11,24H,6-9,12H2,1-2H3. The highest BCUT2D eigenvalue weighted by Crippen LogP contribution is 2.22. The monoisotopic (exact) mass is 347 g/mol. The van der Waals surface area contributed by atoms with Crippen LogP contribution in [0.5, 0.6) is 5.75 Å². The summed E-state index contributed by atoms with van der Waals surface area (Å²) in [7, 11) is 1.88. The highest BCUT2D eigenvalue weighted by atomic mass is 35.5. The zero-order valence-electron chi connectivity index (χ0n) is 14.0. The van der Waals surface area contributed by atoms with Crippen LogP contribution in [0.4, 0.5) is 5.69 Å². The average Bonchev–Trinajstić information content (AvgIpc) is 2.57. The molecule has 2 heterocycles. The van der Waals surface area contributed by atoms with Crippen molar-refractivity contribution in [2.24, 2.45) is 7.05 Å². The van der Waals surface area contributed by atoms with Gasteiger partial charge in [0.1, 0.15) is 0 Å². The molecule has 0 aliphatic carbocycles. The van der Waals surface area contributed by atoms with Gasteiger partial charge in [-0.2, -0.15) is 0 Å². The maximum absolute atomic E-state index is 11.8. The molecule has 1 saturated heterocycles. The van der Waals surface area contributed by atoms with Crippen molar-refractivity contribution >= 4 is 17.3 Å². The molecule has 2 aromatic rings. The lowest BCUT2D eigenvalue weighted by Gasteiger charge is -2.36. The Bertz CT molecular complexity index is 795. The normalized spacial score (nSPS) is 15.7. The van der Waals surface area contributed by atoms with E-state index >= 15 is 0 Å². The lowest BCUT2D eigenvalue weighted by molar-refractivity contribution is 0.240. The summed E-state index contributed by atoms with van der Waals surface area (Å²) in [5.74, 6) is -0.139. The fourth-order valence-corrected chi connectivity index (χ4v) is 3.28. The molecule has 0 saturated carbocycles. The van der Waals surface area contributed by atoms with Crippen LogP contribution in [0.25, 0.3) is 0 Å².